The summed E-state index contributed by atoms with van der Waals surface area (Å²) in [4.78, 5) is 1.16. The lowest BCUT2D eigenvalue weighted by Crippen LogP contribution is -1.86. The van der Waals surface area contributed by atoms with Gasteiger partial charge in [0, 0.05) is 4.90 Å². The molecule has 1 N–H and O–H groups in total. The number of hydrogen-bond donors (Lipinski definition) is 1. The Kier molecular flexibility index (Phi) is 3.35. The second-order valence-corrected chi connectivity index (χ2v) is 5.19. The molecular formula is C10H10N2OS2. The van der Waals surface area contributed by atoms with Crippen molar-refractivity contribution >= 4 is 23.1 Å². The van der Waals surface area contributed by atoms with Crippen LogP contribution in [0.5, 0.6) is 0 Å². The van der Waals surface area contributed by atoms with E-state index in [1.54, 1.807) is 17.3 Å². The number of aryl methyl sites for hydroxylation is 1. The number of nitrogens with zero attached hydrogens (tertiary/aromatic N) is 2. The van der Waals surface area contributed by atoms with Crippen molar-refractivity contribution in [3.8, 4) is 0 Å². The van der Waals surface area contributed by atoms with E-state index in [4.69, 9.17) is 5.11 Å². The average Bonchev–Trinajstić information content (AvgIpc) is 2.74. The van der Waals surface area contributed by atoms with Gasteiger partial charge in [0.1, 0.15) is 5.51 Å². The summed E-state index contributed by atoms with van der Waals surface area (Å²) in [5.41, 5.74) is 3.82. The minimum Gasteiger partial charge on any atom is -0.392 e. The molecule has 0 saturated carbocycles. The molecule has 0 radical (unpaired) electrons. The van der Waals surface area contributed by atoms with Crippen molar-refractivity contribution in [1.29, 1.82) is 0 Å². The van der Waals surface area contributed by atoms with Gasteiger partial charge < -0.3 is 5.11 Å². The monoisotopic (exact) mass is 238 g/mol. The zero-order valence-electron chi connectivity index (χ0n) is 8.17. The van der Waals surface area contributed by atoms with Crippen molar-refractivity contribution < 1.29 is 5.11 Å². The van der Waals surface area contributed by atoms with Gasteiger partial charge in [0.25, 0.3) is 0 Å². The van der Waals surface area contributed by atoms with Crippen molar-refractivity contribution in [3.05, 3.63) is 34.8 Å². The van der Waals surface area contributed by atoms with Gasteiger partial charge in [-0.15, -0.1) is 10.2 Å². The van der Waals surface area contributed by atoms with Crippen LogP contribution in [0.25, 0.3) is 0 Å². The van der Waals surface area contributed by atoms with E-state index in [-0.39, 0.29) is 6.61 Å². The minimum absolute atomic E-state index is 0.0879. The first kappa shape index (κ1) is 10.6. The number of benzene rings is 1. The normalized spacial score (nSPS) is 10.5. The minimum atomic E-state index is 0.0879. The van der Waals surface area contributed by atoms with Gasteiger partial charge in [-0.1, -0.05) is 35.2 Å². The van der Waals surface area contributed by atoms with E-state index >= 15 is 0 Å². The fraction of sp³-hybridized carbons (Fsp3) is 0.200. The van der Waals surface area contributed by atoms with E-state index in [0.717, 1.165) is 20.4 Å². The highest BCUT2D eigenvalue weighted by atomic mass is 32.2. The summed E-state index contributed by atoms with van der Waals surface area (Å²) in [5, 5.41) is 16.7. The first-order valence-electron chi connectivity index (χ1n) is 4.44. The van der Waals surface area contributed by atoms with Gasteiger partial charge in [0.05, 0.1) is 6.61 Å². The molecule has 0 fully saturated rings. The van der Waals surface area contributed by atoms with Crippen LogP contribution in [0.2, 0.25) is 0 Å². The molecule has 1 aromatic heterocycles. The van der Waals surface area contributed by atoms with Gasteiger partial charge in [-0.3, -0.25) is 0 Å². The van der Waals surface area contributed by atoms with E-state index in [1.807, 2.05) is 25.1 Å². The van der Waals surface area contributed by atoms with Crippen LogP contribution in [-0.2, 0) is 6.61 Å². The Morgan fingerprint density at radius 2 is 2.33 bits per heavy atom. The molecule has 1 aromatic carbocycles. The highest BCUT2D eigenvalue weighted by Crippen LogP contribution is 2.31. The molecule has 3 nitrogen and oxygen atoms in total. The van der Waals surface area contributed by atoms with Gasteiger partial charge in [0.2, 0.25) is 0 Å². The topological polar surface area (TPSA) is 46.0 Å². The molecule has 0 saturated heterocycles. The van der Waals surface area contributed by atoms with Crippen molar-refractivity contribution in [1.82, 2.24) is 10.2 Å². The number of rotatable bonds is 3. The summed E-state index contributed by atoms with van der Waals surface area (Å²) >= 11 is 3.13. The first-order chi connectivity index (χ1) is 7.29. The third kappa shape index (κ3) is 2.56. The lowest BCUT2D eigenvalue weighted by atomic mass is 10.1. The van der Waals surface area contributed by atoms with Gasteiger partial charge in [-0.2, -0.15) is 0 Å². The van der Waals surface area contributed by atoms with Gasteiger partial charge >= 0.3 is 0 Å². The molecule has 0 unspecified atom stereocenters. The molecule has 0 bridgehead atoms. The maximum atomic E-state index is 8.98. The van der Waals surface area contributed by atoms with Gasteiger partial charge in [-0.05, 0) is 24.1 Å². The summed E-state index contributed by atoms with van der Waals surface area (Å²) in [6.45, 7) is 2.12. The second kappa shape index (κ2) is 4.74. The maximum Gasteiger partial charge on any atom is 0.178 e. The Bertz CT molecular complexity index is 443. The van der Waals surface area contributed by atoms with Crippen LogP contribution in [0.4, 0.5) is 0 Å². The molecule has 0 aliphatic heterocycles. The van der Waals surface area contributed by atoms with Crippen LogP contribution >= 0.6 is 23.1 Å². The average molecular weight is 238 g/mol. The number of aliphatic hydroxyl groups excluding tert-OH is 1. The SMILES string of the molecule is Cc1cc(CO)ccc1Sc1nncs1. The molecule has 2 aromatic rings. The summed E-state index contributed by atoms with van der Waals surface area (Å²) < 4.78 is 0.940. The largest absolute Gasteiger partial charge is 0.392 e. The molecule has 0 amide bonds. The van der Waals surface area contributed by atoms with E-state index in [9.17, 15) is 0 Å². The smallest absolute Gasteiger partial charge is 0.178 e. The Hall–Kier alpha value is -0.910. The Labute approximate surface area is 96.2 Å². The first-order valence-corrected chi connectivity index (χ1v) is 6.13. The summed E-state index contributed by atoms with van der Waals surface area (Å²) in [6.07, 6.45) is 0. The molecule has 0 aliphatic rings. The molecule has 78 valence electrons. The zero-order valence-corrected chi connectivity index (χ0v) is 9.81. The fourth-order valence-electron chi connectivity index (χ4n) is 1.23. The quantitative estimate of drug-likeness (QED) is 0.892. The van der Waals surface area contributed by atoms with Crippen molar-refractivity contribution in [2.75, 3.05) is 0 Å². The van der Waals surface area contributed by atoms with Crippen LogP contribution in [0.3, 0.4) is 0 Å². The van der Waals surface area contributed by atoms with Crippen LogP contribution in [-0.4, -0.2) is 15.3 Å². The summed E-state index contributed by atoms with van der Waals surface area (Å²) in [7, 11) is 0. The zero-order chi connectivity index (χ0) is 10.7. The predicted octanol–water partition coefficient (Wildman–Crippen LogP) is 2.49. The number of aromatic nitrogens is 2. The van der Waals surface area contributed by atoms with Crippen LogP contribution in [0, 0.1) is 6.92 Å². The molecule has 2 rings (SSSR count). The maximum absolute atomic E-state index is 8.98. The molecule has 15 heavy (non-hydrogen) atoms. The molecular weight excluding hydrogens is 228 g/mol. The Morgan fingerprint density at radius 1 is 1.47 bits per heavy atom. The summed E-state index contributed by atoms with van der Waals surface area (Å²) in [5.74, 6) is 0. The lowest BCUT2D eigenvalue weighted by molar-refractivity contribution is 0.281. The van der Waals surface area contributed by atoms with E-state index in [1.165, 1.54) is 11.3 Å². The van der Waals surface area contributed by atoms with E-state index in [2.05, 4.69) is 10.2 Å². The van der Waals surface area contributed by atoms with E-state index in [0.29, 0.717) is 0 Å². The fourth-order valence-corrected chi connectivity index (χ4v) is 2.73. The number of aliphatic hydroxyl groups is 1. The summed E-state index contributed by atoms with van der Waals surface area (Å²) in [6, 6.07) is 5.92. The highest BCUT2D eigenvalue weighted by Gasteiger charge is 2.04. The van der Waals surface area contributed by atoms with Crippen molar-refractivity contribution in [2.24, 2.45) is 0 Å². The van der Waals surface area contributed by atoms with Crippen LogP contribution < -0.4 is 0 Å². The third-order valence-corrected chi connectivity index (χ3v) is 3.92. The third-order valence-electron chi connectivity index (χ3n) is 1.96. The predicted molar refractivity (Wildman–Crippen MR) is 61.1 cm³/mol. The standard InChI is InChI=1S/C10H10N2OS2/c1-7-4-8(5-13)2-3-9(7)15-10-12-11-6-14-10/h2-4,6,13H,5H2,1H3. The van der Waals surface area contributed by atoms with Crippen molar-refractivity contribution in [3.63, 3.8) is 0 Å². The Morgan fingerprint density at radius 3 is 2.93 bits per heavy atom. The number of hydrogen-bond acceptors (Lipinski definition) is 5. The van der Waals surface area contributed by atoms with E-state index < -0.39 is 0 Å². The van der Waals surface area contributed by atoms with Gasteiger partial charge in [0.15, 0.2) is 4.34 Å². The molecule has 1 heterocycles. The molecule has 0 atom stereocenters. The van der Waals surface area contributed by atoms with Crippen molar-refractivity contribution in [2.45, 2.75) is 22.8 Å². The van der Waals surface area contributed by atoms with Crippen LogP contribution in [0.15, 0.2) is 32.9 Å². The molecule has 0 aliphatic carbocycles. The highest BCUT2D eigenvalue weighted by molar-refractivity contribution is 8.01. The Balaban J connectivity index is 2.22. The van der Waals surface area contributed by atoms with Crippen LogP contribution in [0.1, 0.15) is 11.1 Å². The van der Waals surface area contributed by atoms with Gasteiger partial charge in [-0.25, -0.2) is 0 Å². The second-order valence-electron chi connectivity index (χ2n) is 3.06. The lowest BCUT2D eigenvalue weighted by Gasteiger charge is -2.04. The molecule has 5 heteroatoms. The molecule has 0 spiro atoms.